The molecule has 0 aliphatic heterocycles. The van der Waals surface area contributed by atoms with Gasteiger partial charge in [-0.25, -0.2) is 4.79 Å². The monoisotopic (exact) mass is 330 g/mol. The van der Waals surface area contributed by atoms with E-state index in [0.717, 1.165) is 5.56 Å². The van der Waals surface area contributed by atoms with Crippen molar-refractivity contribution in [3.63, 3.8) is 0 Å². The van der Waals surface area contributed by atoms with E-state index < -0.39 is 17.7 Å². The molecule has 124 valence electrons. The quantitative estimate of drug-likeness (QED) is 0.867. The third kappa shape index (κ3) is 5.27. The Kier molecular flexibility index (Phi) is 6.32. The molecule has 0 fully saturated rings. The molecular formula is C15H23ClN2O4. The molecule has 7 heteroatoms. The van der Waals surface area contributed by atoms with Crippen molar-refractivity contribution in [1.82, 2.24) is 5.32 Å². The second-order valence-electron chi connectivity index (χ2n) is 5.73. The fraction of sp³-hybridized carbons (Fsp3) is 0.533. The normalized spacial score (nSPS) is 12.5. The number of alkyl carbamates (subject to hydrolysis) is 1. The number of hydrogen-bond acceptors (Lipinski definition) is 5. The number of benzene rings is 1. The van der Waals surface area contributed by atoms with Gasteiger partial charge in [-0.1, -0.05) is 11.6 Å². The Labute approximate surface area is 135 Å². The zero-order valence-corrected chi connectivity index (χ0v) is 14.3. The summed E-state index contributed by atoms with van der Waals surface area (Å²) in [4.78, 5) is 11.6. The summed E-state index contributed by atoms with van der Waals surface area (Å²) in [6, 6.07) is 2.96. The topological polar surface area (TPSA) is 82.8 Å². The number of methoxy groups -OCH3 is 2. The van der Waals surface area contributed by atoms with Crippen molar-refractivity contribution in [2.75, 3.05) is 20.8 Å². The van der Waals surface area contributed by atoms with Gasteiger partial charge in [0.2, 0.25) is 0 Å². The van der Waals surface area contributed by atoms with E-state index in [4.69, 9.17) is 31.5 Å². The lowest BCUT2D eigenvalue weighted by Crippen LogP contribution is -2.36. The average molecular weight is 331 g/mol. The van der Waals surface area contributed by atoms with E-state index in [1.54, 1.807) is 32.9 Å². The minimum absolute atomic E-state index is 0.209. The molecule has 1 amide bonds. The highest BCUT2D eigenvalue weighted by Crippen LogP contribution is 2.37. The van der Waals surface area contributed by atoms with Gasteiger partial charge in [0.1, 0.15) is 5.60 Å². The first-order valence-electron chi connectivity index (χ1n) is 6.81. The number of nitrogens with two attached hydrogens (primary N) is 1. The molecule has 0 saturated heterocycles. The lowest BCUT2D eigenvalue weighted by molar-refractivity contribution is 0.0524. The summed E-state index contributed by atoms with van der Waals surface area (Å²) >= 11 is 6.13. The van der Waals surface area contributed by atoms with Gasteiger partial charge < -0.3 is 25.3 Å². The van der Waals surface area contributed by atoms with E-state index in [0.29, 0.717) is 16.5 Å². The van der Waals surface area contributed by atoms with Gasteiger partial charge in [-0.15, -0.1) is 0 Å². The Hall–Kier alpha value is -1.66. The molecule has 0 bridgehead atoms. The predicted octanol–water partition coefficient (Wildman–Crippen LogP) is 2.88. The molecule has 0 radical (unpaired) electrons. The minimum atomic E-state index is -0.555. The Morgan fingerprint density at radius 3 is 2.45 bits per heavy atom. The molecule has 1 aromatic carbocycles. The Morgan fingerprint density at radius 2 is 1.95 bits per heavy atom. The first-order chi connectivity index (χ1) is 10.2. The molecular weight excluding hydrogens is 308 g/mol. The van der Waals surface area contributed by atoms with E-state index >= 15 is 0 Å². The molecule has 0 spiro atoms. The molecule has 0 aromatic heterocycles. The summed E-state index contributed by atoms with van der Waals surface area (Å²) in [6.45, 7) is 5.59. The second kappa shape index (κ2) is 7.56. The highest BCUT2D eigenvalue weighted by atomic mass is 35.5. The number of amides is 1. The fourth-order valence-electron chi connectivity index (χ4n) is 1.78. The van der Waals surface area contributed by atoms with Gasteiger partial charge in [-0.3, -0.25) is 0 Å². The van der Waals surface area contributed by atoms with Gasteiger partial charge >= 0.3 is 6.09 Å². The van der Waals surface area contributed by atoms with Crippen molar-refractivity contribution < 1.29 is 19.0 Å². The summed E-state index contributed by atoms with van der Waals surface area (Å²) in [5, 5.41) is 3.01. The first-order valence-corrected chi connectivity index (χ1v) is 7.19. The van der Waals surface area contributed by atoms with Crippen LogP contribution in [0.4, 0.5) is 4.79 Å². The van der Waals surface area contributed by atoms with E-state index in [1.165, 1.54) is 14.2 Å². The summed E-state index contributed by atoms with van der Waals surface area (Å²) in [7, 11) is 3.02. The van der Waals surface area contributed by atoms with Crippen LogP contribution in [0.2, 0.25) is 5.02 Å². The molecule has 3 N–H and O–H groups in total. The van der Waals surface area contributed by atoms with Gasteiger partial charge in [-0.2, -0.15) is 0 Å². The van der Waals surface area contributed by atoms with E-state index in [1.807, 2.05) is 0 Å². The van der Waals surface area contributed by atoms with Crippen molar-refractivity contribution in [3.05, 3.63) is 22.7 Å². The van der Waals surface area contributed by atoms with Crippen LogP contribution in [0.1, 0.15) is 32.4 Å². The third-order valence-electron chi connectivity index (χ3n) is 2.75. The summed E-state index contributed by atoms with van der Waals surface area (Å²) < 4.78 is 15.5. The Bertz CT molecular complexity index is 529. The van der Waals surface area contributed by atoms with Crippen molar-refractivity contribution in [1.29, 1.82) is 0 Å². The smallest absolute Gasteiger partial charge is 0.407 e. The molecule has 0 saturated carbocycles. The van der Waals surface area contributed by atoms with Gasteiger partial charge in [0.25, 0.3) is 0 Å². The van der Waals surface area contributed by atoms with E-state index in [-0.39, 0.29) is 6.54 Å². The van der Waals surface area contributed by atoms with Crippen LogP contribution < -0.4 is 20.5 Å². The number of ether oxygens (including phenoxy) is 3. The molecule has 1 unspecified atom stereocenters. The molecule has 22 heavy (non-hydrogen) atoms. The van der Waals surface area contributed by atoms with Crippen LogP contribution in [0, 0.1) is 0 Å². The second-order valence-corrected chi connectivity index (χ2v) is 6.13. The van der Waals surface area contributed by atoms with Crippen molar-refractivity contribution in [2.45, 2.75) is 32.4 Å². The average Bonchev–Trinajstić information content (AvgIpc) is 2.41. The predicted molar refractivity (Wildman–Crippen MR) is 85.7 cm³/mol. The largest absolute Gasteiger partial charge is 0.493 e. The maximum absolute atomic E-state index is 11.6. The summed E-state index contributed by atoms with van der Waals surface area (Å²) in [5.74, 6) is 0.929. The zero-order chi connectivity index (χ0) is 16.9. The lowest BCUT2D eigenvalue weighted by atomic mass is 10.1. The van der Waals surface area contributed by atoms with Crippen LogP contribution in [0.3, 0.4) is 0 Å². The summed E-state index contributed by atoms with van der Waals surface area (Å²) in [5.41, 5.74) is 6.23. The van der Waals surface area contributed by atoms with Crippen LogP contribution in [-0.2, 0) is 4.74 Å². The number of carbonyl (C=O) groups excluding carboxylic acids is 1. The van der Waals surface area contributed by atoms with Gasteiger partial charge in [0.15, 0.2) is 11.5 Å². The van der Waals surface area contributed by atoms with Crippen LogP contribution in [-0.4, -0.2) is 32.5 Å². The molecule has 1 aromatic rings. The maximum Gasteiger partial charge on any atom is 0.407 e. The van der Waals surface area contributed by atoms with E-state index in [9.17, 15) is 4.79 Å². The van der Waals surface area contributed by atoms with Crippen LogP contribution in [0.15, 0.2) is 12.1 Å². The highest BCUT2D eigenvalue weighted by molar-refractivity contribution is 6.32. The minimum Gasteiger partial charge on any atom is -0.493 e. The molecule has 0 aliphatic rings. The Balaban J connectivity index is 2.76. The van der Waals surface area contributed by atoms with Crippen LogP contribution >= 0.6 is 11.6 Å². The third-order valence-corrected chi connectivity index (χ3v) is 3.03. The van der Waals surface area contributed by atoms with E-state index in [2.05, 4.69) is 5.32 Å². The van der Waals surface area contributed by atoms with Gasteiger partial charge in [0.05, 0.1) is 19.2 Å². The lowest BCUT2D eigenvalue weighted by Gasteiger charge is -2.21. The van der Waals surface area contributed by atoms with Gasteiger partial charge in [-0.05, 0) is 38.5 Å². The van der Waals surface area contributed by atoms with Crippen LogP contribution in [0.5, 0.6) is 11.5 Å². The number of hydrogen-bond donors (Lipinski definition) is 2. The molecule has 0 heterocycles. The fourth-order valence-corrected chi connectivity index (χ4v) is 2.07. The van der Waals surface area contributed by atoms with Crippen molar-refractivity contribution >= 4 is 17.7 Å². The highest BCUT2D eigenvalue weighted by Gasteiger charge is 2.18. The summed E-state index contributed by atoms with van der Waals surface area (Å²) in [6.07, 6.45) is -0.519. The SMILES string of the molecule is COc1cc(C(N)CNC(=O)OC(C)(C)C)cc(Cl)c1OC. The number of nitrogens with one attached hydrogen (secondary N) is 1. The Morgan fingerprint density at radius 1 is 1.32 bits per heavy atom. The van der Waals surface area contributed by atoms with Crippen LogP contribution in [0.25, 0.3) is 0 Å². The number of rotatable bonds is 5. The van der Waals surface area contributed by atoms with Gasteiger partial charge in [0, 0.05) is 12.6 Å². The molecule has 1 rings (SSSR count). The number of halogens is 1. The zero-order valence-electron chi connectivity index (χ0n) is 13.5. The standard InChI is InChI=1S/C15H23ClN2O4/c1-15(2,3)22-14(19)18-8-11(17)9-6-10(16)13(21-5)12(7-9)20-4/h6-7,11H,8,17H2,1-5H3,(H,18,19). The molecule has 1 atom stereocenters. The van der Waals surface area contributed by atoms with Crippen molar-refractivity contribution in [2.24, 2.45) is 5.73 Å². The maximum atomic E-state index is 11.6. The first kappa shape index (κ1) is 18.4. The van der Waals surface area contributed by atoms with Crippen molar-refractivity contribution in [3.8, 4) is 11.5 Å². The molecule has 6 nitrogen and oxygen atoms in total. The molecule has 0 aliphatic carbocycles. The number of carbonyl (C=O) groups is 1.